The quantitative estimate of drug-likeness (QED) is 0.373. The van der Waals surface area contributed by atoms with Crippen LogP contribution in [0.15, 0.2) is 76.9 Å². The zero-order valence-electron chi connectivity index (χ0n) is 15.0. The van der Waals surface area contributed by atoms with E-state index >= 15 is 0 Å². The van der Waals surface area contributed by atoms with Crippen molar-refractivity contribution in [1.29, 1.82) is 0 Å². The van der Waals surface area contributed by atoms with E-state index in [9.17, 15) is 9.59 Å². The maximum absolute atomic E-state index is 12.4. The molecule has 2 heterocycles. The fourth-order valence-electron chi connectivity index (χ4n) is 2.77. The van der Waals surface area contributed by atoms with Crippen LogP contribution in [0.1, 0.15) is 27.4 Å². The topological polar surface area (TPSA) is 65.7 Å². The Balaban J connectivity index is 1.48. The van der Waals surface area contributed by atoms with Gasteiger partial charge in [-0.1, -0.05) is 30.3 Å². The molecule has 0 radical (unpaired) electrons. The van der Waals surface area contributed by atoms with Crippen LogP contribution >= 0.6 is 0 Å². The lowest BCUT2D eigenvalue weighted by molar-refractivity contribution is -0.128. The lowest BCUT2D eigenvalue weighted by Crippen LogP contribution is -2.03. The van der Waals surface area contributed by atoms with Gasteiger partial charge in [0.2, 0.25) is 5.78 Å². The van der Waals surface area contributed by atoms with Crippen molar-refractivity contribution in [3.05, 3.63) is 95.1 Å². The van der Waals surface area contributed by atoms with E-state index in [1.807, 2.05) is 37.3 Å². The number of ketones is 1. The highest BCUT2D eigenvalue weighted by Crippen LogP contribution is 2.35. The highest BCUT2D eigenvalue weighted by Gasteiger charge is 2.28. The minimum absolute atomic E-state index is 0.164. The summed E-state index contributed by atoms with van der Waals surface area (Å²) in [4.78, 5) is 24.5. The molecular formula is C23H16O5. The van der Waals surface area contributed by atoms with Crippen molar-refractivity contribution in [2.75, 3.05) is 0 Å². The summed E-state index contributed by atoms with van der Waals surface area (Å²) >= 11 is 0. The normalized spacial score (nSPS) is 14.3. The highest BCUT2D eigenvalue weighted by atomic mass is 16.5. The van der Waals surface area contributed by atoms with Crippen molar-refractivity contribution in [3.8, 4) is 11.5 Å². The Labute approximate surface area is 161 Å². The van der Waals surface area contributed by atoms with Crippen LogP contribution in [0.5, 0.6) is 11.5 Å². The van der Waals surface area contributed by atoms with Crippen LogP contribution in [0.3, 0.4) is 0 Å². The van der Waals surface area contributed by atoms with E-state index in [1.165, 1.54) is 12.1 Å². The second kappa shape index (κ2) is 7.40. The zero-order valence-corrected chi connectivity index (χ0v) is 15.0. The molecule has 4 rings (SSSR count). The molecule has 1 aliphatic heterocycles. The fraction of sp³-hybridized carbons (Fsp3) is 0.0435. The maximum Gasteiger partial charge on any atom is 0.336 e. The number of carbonyl (C=O) groups excluding carboxylic acids is 2. The molecule has 5 nitrogen and oxygen atoms in total. The second-order valence-electron chi connectivity index (χ2n) is 6.21. The molecule has 0 fully saturated rings. The molecule has 2 aromatic carbocycles. The van der Waals surface area contributed by atoms with Crippen molar-refractivity contribution in [3.63, 3.8) is 0 Å². The van der Waals surface area contributed by atoms with Crippen molar-refractivity contribution in [1.82, 2.24) is 0 Å². The zero-order chi connectivity index (χ0) is 19.5. The van der Waals surface area contributed by atoms with Crippen LogP contribution in [0.4, 0.5) is 0 Å². The Morgan fingerprint density at radius 2 is 1.86 bits per heavy atom. The van der Waals surface area contributed by atoms with Gasteiger partial charge in [0.1, 0.15) is 23.0 Å². The summed E-state index contributed by atoms with van der Waals surface area (Å²) < 4.78 is 16.4. The largest absolute Gasteiger partial charge is 0.462 e. The summed E-state index contributed by atoms with van der Waals surface area (Å²) in [6.07, 6.45) is 4.56. The minimum atomic E-state index is -0.519. The Hall–Kier alpha value is -3.86. The molecule has 0 atom stereocenters. The monoisotopic (exact) mass is 372 g/mol. The SMILES string of the molecule is Cc1ccc(C=C2Oc3cc(OC(=O)C=Cc4ccccc4)ccc3C2=O)o1. The predicted octanol–water partition coefficient (Wildman–Crippen LogP) is 4.82. The molecule has 0 spiro atoms. The molecular weight excluding hydrogens is 356 g/mol. The molecule has 0 amide bonds. The number of fused-ring (bicyclic) bond motifs is 1. The van der Waals surface area contributed by atoms with Gasteiger partial charge in [0.05, 0.1) is 5.56 Å². The first-order valence-electron chi connectivity index (χ1n) is 8.68. The van der Waals surface area contributed by atoms with Gasteiger partial charge in [-0.25, -0.2) is 4.79 Å². The second-order valence-corrected chi connectivity index (χ2v) is 6.21. The van der Waals surface area contributed by atoms with Crippen molar-refractivity contribution >= 4 is 23.9 Å². The van der Waals surface area contributed by atoms with Gasteiger partial charge in [0.15, 0.2) is 5.76 Å². The third-order valence-electron chi connectivity index (χ3n) is 4.11. The number of Topliss-reactive ketones (excluding diaryl/α,β-unsaturated/α-hetero) is 1. The lowest BCUT2D eigenvalue weighted by atomic mass is 10.1. The van der Waals surface area contributed by atoms with Crippen molar-refractivity contribution in [2.24, 2.45) is 0 Å². The molecule has 0 unspecified atom stereocenters. The molecule has 1 aromatic heterocycles. The first kappa shape index (κ1) is 17.5. The molecule has 0 bridgehead atoms. The Kier molecular flexibility index (Phi) is 4.64. The fourth-order valence-corrected chi connectivity index (χ4v) is 2.77. The van der Waals surface area contributed by atoms with Crippen LogP contribution < -0.4 is 9.47 Å². The molecule has 5 heteroatoms. The van der Waals surface area contributed by atoms with Crippen LogP contribution in [0.25, 0.3) is 12.2 Å². The number of carbonyl (C=O) groups is 2. The van der Waals surface area contributed by atoms with Gasteiger partial charge in [0.25, 0.3) is 0 Å². The van der Waals surface area contributed by atoms with Gasteiger partial charge in [0, 0.05) is 18.2 Å². The molecule has 0 N–H and O–H groups in total. The van der Waals surface area contributed by atoms with E-state index in [1.54, 1.807) is 36.4 Å². The standard InChI is InChI=1S/C23H16O5/c1-15-7-9-17(26-15)14-21-23(25)19-11-10-18(13-20(19)28-21)27-22(24)12-8-16-5-3-2-4-6-16/h2-14H,1H3. The van der Waals surface area contributed by atoms with Crippen LogP contribution in [0, 0.1) is 6.92 Å². The number of esters is 1. The average molecular weight is 372 g/mol. The number of furan rings is 1. The number of benzene rings is 2. The van der Waals surface area contributed by atoms with Gasteiger partial charge < -0.3 is 13.9 Å². The van der Waals surface area contributed by atoms with Crippen LogP contribution in [-0.4, -0.2) is 11.8 Å². The van der Waals surface area contributed by atoms with E-state index in [2.05, 4.69) is 0 Å². The van der Waals surface area contributed by atoms with E-state index in [0.717, 1.165) is 11.3 Å². The number of aryl methyl sites for hydroxylation is 1. The molecule has 138 valence electrons. The number of hydrogen-bond acceptors (Lipinski definition) is 5. The van der Waals surface area contributed by atoms with Gasteiger partial charge >= 0.3 is 5.97 Å². The Morgan fingerprint density at radius 1 is 1.04 bits per heavy atom. The summed E-state index contributed by atoms with van der Waals surface area (Å²) in [5.74, 6) is 1.32. The van der Waals surface area contributed by atoms with Crippen molar-refractivity contribution < 1.29 is 23.5 Å². The number of allylic oxidation sites excluding steroid dienone is 1. The summed E-state index contributed by atoms with van der Waals surface area (Å²) in [5.41, 5.74) is 1.31. The van der Waals surface area contributed by atoms with Gasteiger partial charge in [-0.05, 0) is 42.8 Å². The van der Waals surface area contributed by atoms with E-state index in [0.29, 0.717) is 22.8 Å². The first-order valence-corrected chi connectivity index (χ1v) is 8.68. The van der Waals surface area contributed by atoms with Crippen molar-refractivity contribution in [2.45, 2.75) is 6.92 Å². The molecule has 3 aromatic rings. The molecule has 28 heavy (non-hydrogen) atoms. The average Bonchev–Trinajstić information content (AvgIpc) is 3.24. The predicted molar refractivity (Wildman–Crippen MR) is 104 cm³/mol. The van der Waals surface area contributed by atoms with Crippen LogP contribution in [0.2, 0.25) is 0 Å². The number of ether oxygens (including phenoxy) is 2. The van der Waals surface area contributed by atoms with Gasteiger partial charge in [-0.2, -0.15) is 0 Å². The number of rotatable bonds is 4. The van der Waals surface area contributed by atoms with Crippen LogP contribution in [-0.2, 0) is 4.79 Å². The molecule has 0 saturated heterocycles. The molecule has 0 saturated carbocycles. The third kappa shape index (κ3) is 3.78. The lowest BCUT2D eigenvalue weighted by Gasteiger charge is -2.03. The third-order valence-corrected chi connectivity index (χ3v) is 4.11. The van der Waals surface area contributed by atoms with E-state index in [4.69, 9.17) is 13.9 Å². The van der Waals surface area contributed by atoms with Gasteiger partial charge in [-0.3, -0.25) is 4.79 Å². The first-order chi connectivity index (χ1) is 13.6. The molecule has 0 aliphatic carbocycles. The Morgan fingerprint density at radius 3 is 2.61 bits per heavy atom. The summed E-state index contributed by atoms with van der Waals surface area (Å²) in [6.45, 7) is 1.82. The highest BCUT2D eigenvalue weighted by molar-refractivity contribution is 6.14. The summed E-state index contributed by atoms with van der Waals surface area (Å²) in [7, 11) is 0. The summed E-state index contributed by atoms with van der Waals surface area (Å²) in [6, 6.07) is 17.7. The summed E-state index contributed by atoms with van der Waals surface area (Å²) in [5, 5.41) is 0. The molecule has 1 aliphatic rings. The maximum atomic E-state index is 12.4. The Bertz CT molecular complexity index is 1100. The van der Waals surface area contributed by atoms with E-state index < -0.39 is 5.97 Å². The minimum Gasteiger partial charge on any atom is -0.462 e. The van der Waals surface area contributed by atoms with E-state index in [-0.39, 0.29) is 11.5 Å². The van der Waals surface area contributed by atoms with Gasteiger partial charge in [-0.15, -0.1) is 0 Å². The number of hydrogen-bond donors (Lipinski definition) is 0. The smallest absolute Gasteiger partial charge is 0.336 e.